The molecule has 310 valence electrons. The number of rotatable bonds is 8. The van der Waals surface area contributed by atoms with Crippen molar-refractivity contribution in [3.63, 3.8) is 0 Å². The summed E-state index contributed by atoms with van der Waals surface area (Å²) in [5.41, 5.74) is -6.55. The Balaban J connectivity index is 1.37. The summed E-state index contributed by atoms with van der Waals surface area (Å²) in [5, 5.41) is 49.1. The predicted molar refractivity (Wildman–Crippen MR) is 207 cm³/mol. The van der Waals surface area contributed by atoms with E-state index in [4.69, 9.17) is 18.9 Å². The van der Waals surface area contributed by atoms with Gasteiger partial charge in [-0.1, -0.05) is 62.4 Å². The van der Waals surface area contributed by atoms with Gasteiger partial charge in [-0.05, 0) is 70.4 Å². The lowest BCUT2D eigenvalue weighted by molar-refractivity contribution is -0.241. The number of esters is 2. The van der Waals surface area contributed by atoms with E-state index < -0.39 is 112 Å². The summed E-state index contributed by atoms with van der Waals surface area (Å²) in [6.07, 6.45) is -10.9. The Bertz CT molecular complexity index is 2070. The maximum atomic E-state index is 15.1. The number of alkyl carbamates (subject to hydrolysis) is 1. The lowest BCUT2D eigenvalue weighted by atomic mass is 9.40. The molecule has 15 heteroatoms. The second-order valence-electron chi connectivity index (χ2n) is 18.4. The molecular weight excluding hydrogens is 749 g/mol. The highest BCUT2D eigenvalue weighted by molar-refractivity contribution is 7.04. The summed E-state index contributed by atoms with van der Waals surface area (Å²) < 4.78 is 23.9. The van der Waals surface area contributed by atoms with Gasteiger partial charge >= 0.3 is 18.0 Å². The quantitative estimate of drug-likeness (QED) is 0.112. The number of ether oxygens (including phenoxy) is 4. The Morgan fingerprint density at radius 3 is 2.12 bits per heavy atom. The first-order valence-corrected chi connectivity index (χ1v) is 19.7. The molecule has 4 fully saturated rings. The van der Waals surface area contributed by atoms with Crippen molar-refractivity contribution in [1.29, 1.82) is 0 Å². The van der Waals surface area contributed by atoms with Crippen LogP contribution in [-0.4, -0.2) is 111 Å². The highest BCUT2D eigenvalue weighted by Crippen LogP contribution is 2.93. The number of amides is 1. The first-order chi connectivity index (χ1) is 27.0. The van der Waals surface area contributed by atoms with Gasteiger partial charge in [-0.15, -0.1) is 0 Å². The number of Topliss-reactive ketones (excluding diaryl/α,β-unsaturated/α-hetero) is 1. The van der Waals surface area contributed by atoms with Gasteiger partial charge < -0.3 is 49.5 Å². The van der Waals surface area contributed by atoms with Crippen molar-refractivity contribution in [3.05, 3.63) is 82.9 Å². The van der Waals surface area contributed by atoms with Gasteiger partial charge in [-0.25, -0.2) is 14.4 Å². The first-order valence-electron chi connectivity index (χ1n) is 19.7. The van der Waals surface area contributed by atoms with E-state index in [2.05, 4.69) is 5.32 Å². The van der Waals surface area contributed by atoms with E-state index in [1.54, 1.807) is 83.1 Å². The van der Waals surface area contributed by atoms with Crippen molar-refractivity contribution in [2.45, 2.75) is 133 Å². The van der Waals surface area contributed by atoms with Gasteiger partial charge in [-0.2, -0.15) is 0 Å². The molecule has 2 saturated carbocycles. The Morgan fingerprint density at radius 1 is 0.966 bits per heavy atom. The van der Waals surface area contributed by atoms with Gasteiger partial charge in [0.1, 0.15) is 29.5 Å². The molecule has 2 spiro atoms. The molecule has 11 atom stereocenters. The van der Waals surface area contributed by atoms with Crippen molar-refractivity contribution in [2.75, 3.05) is 6.61 Å². The van der Waals surface area contributed by atoms with Crippen LogP contribution < -0.4 is 5.32 Å². The van der Waals surface area contributed by atoms with E-state index in [9.17, 15) is 39.6 Å². The minimum absolute atomic E-state index is 0.0323. The average molecular weight is 802 g/mol. The molecule has 2 saturated heterocycles. The number of carbonyl (C=O) groups excluding carboxylic acids is 5. The van der Waals surface area contributed by atoms with Crippen LogP contribution in [0.15, 0.2) is 71.8 Å². The summed E-state index contributed by atoms with van der Waals surface area (Å²) in [4.78, 5) is 70.4. The molecule has 1 amide bonds. The molecule has 7 rings (SSSR count). The van der Waals surface area contributed by atoms with Crippen molar-refractivity contribution in [2.24, 2.45) is 10.8 Å². The lowest BCUT2D eigenvalue weighted by Gasteiger charge is -2.64. The van der Waals surface area contributed by atoms with Crippen LogP contribution in [0.3, 0.4) is 0 Å². The number of hydrogen-bond acceptors (Lipinski definition) is 13. The summed E-state index contributed by atoms with van der Waals surface area (Å²) >= 11 is 0. The molecule has 2 unspecified atom stereocenters. The molecule has 58 heavy (non-hydrogen) atoms. The molecule has 2 aromatic rings. The fourth-order valence-electron chi connectivity index (χ4n) is 11.3. The lowest BCUT2D eigenvalue weighted by Crippen LogP contribution is -2.72. The zero-order chi connectivity index (χ0) is 42.5. The summed E-state index contributed by atoms with van der Waals surface area (Å²) in [5.74, 6) is -2.95. The van der Waals surface area contributed by atoms with E-state index in [1.807, 2.05) is 0 Å². The number of aliphatic hydroxyl groups is 4. The SMILES string of the molecule is CC(=O)B1[C@@]23CO[C@@H]2CC(O)C2(C)C(=O)[C@H](O)C4=C(C)[C@@H](OC(=O)[C@H](O)[C@@H](NC(=O)OC(C)(C)C)c5ccccc5)C[C@@](O)([C@@H](OC(=O)c5ccccc5)[C@@]123)C4(C)C. The topological polar surface area (TPSA) is 215 Å². The molecular formula is C43H52BNO13. The van der Waals surface area contributed by atoms with Crippen molar-refractivity contribution in [1.82, 2.24) is 5.32 Å². The van der Waals surface area contributed by atoms with Crippen molar-refractivity contribution in [3.8, 4) is 0 Å². The zero-order valence-corrected chi connectivity index (χ0v) is 34.0. The third kappa shape index (κ3) is 5.67. The fourth-order valence-corrected chi connectivity index (χ4v) is 11.3. The molecule has 2 aliphatic heterocycles. The Hall–Kier alpha value is -4.41. The second kappa shape index (κ2) is 13.8. The first kappa shape index (κ1) is 41.7. The molecule has 2 aromatic carbocycles. The normalized spacial score (nSPS) is 35.6. The van der Waals surface area contributed by atoms with E-state index in [-0.39, 0.29) is 35.4 Å². The van der Waals surface area contributed by atoms with Crippen LogP contribution in [0.5, 0.6) is 0 Å². The Kier molecular flexibility index (Phi) is 9.96. The number of carbonyl (C=O) groups is 5. The molecule has 5 N–H and O–H groups in total. The third-order valence-electron chi connectivity index (χ3n) is 14.0. The number of aliphatic hydroxyl groups excluding tert-OH is 3. The van der Waals surface area contributed by atoms with Crippen LogP contribution in [0, 0.1) is 10.8 Å². The average Bonchev–Trinajstić information content (AvgIpc) is 3.84. The molecule has 3 aliphatic carbocycles. The van der Waals surface area contributed by atoms with Gasteiger partial charge in [0, 0.05) is 35.5 Å². The molecule has 0 radical (unpaired) electrons. The van der Waals surface area contributed by atoms with Crippen LogP contribution >= 0.6 is 0 Å². The molecule has 5 aliphatic rings. The number of fused-ring (bicyclic) bond motifs is 2. The molecule has 2 bridgehead atoms. The van der Waals surface area contributed by atoms with E-state index in [0.717, 1.165) is 0 Å². The van der Waals surface area contributed by atoms with Crippen LogP contribution in [0.4, 0.5) is 4.79 Å². The van der Waals surface area contributed by atoms with Crippen LogP contribution in [0.1, 0.15) is 90.2 Å². The summed E-state index contributed by atoms with van der Waals surface area (Å²) in [6, 6.07) is 14.8. The van der Waals surface area contributed by atoms with Gasteiger partial charge in [0.15, 0.2) is 11.9 Å². The number of benzene rings is 2. The monoisotopic (exact) mass is 801 g/mol. The number of hydrogen-bond donors (Lipinski definition) is 5. The Morgan fingerprint density at radius 2 is 1.57 bits per heavy atom. The minimum Gasteiger partial charge on any atom is -0.456 e. The van der Waals surface area contributed by atoms with Crippen LogP contribution in [0.2, 0.25) is 10.6 Å². The molecule has 0 aromatic heterocycles. The minimum atomic E-state index is -2.31. The molecule has 14 nitrogen and oxygen atoms in total. The fraction of sp³-hybridized carbons (Fsp3) is 0.558. The van der Waals surface area contributed by atoms with Gasteiger partial charge in [0.2, 0.25) is 6.71 Å². The van der Waals surface area contributed by atoms with E-state index in [0.29, 0.717) is 5.56 Å². The summed E-state index contributed by atoms with van der Waals surface area (Å²) in [7, 11) is 0. The van der Waals surface area contributed by atoms with Crippen LogP contribution in [0.25, 0.3) is 0 Å². The zero-order valence-electron chi connectivity index (χ0n) is 34.0. The van der Waals surface area contributed by atoms with Crippen molar-refractivity contribution >= 4 is 36.2 Å². The number of nitrogens with one attached hydrogen (secondary N) is 1. The van der Waals surface area contributed by atoms with E-state index >= 15 is 4.79 Å². The third-order valence-corrected chi connectivity index (χ3v) is 14.0. The van der Waals surface area contributed by atoms with Gasteiger partial charge in [0.25, 0.3) is 0 Å². The van der Waals surface area contributed by atoms with Gasteiger partial charge in [-0.3, -0.25) is 4.79 Å². The van der Waals surface area contributed by atoms with E-state index in [1.165, 1.54) is 32.9 Å². The van der Waals surface area contributed by atoms with Gasteiger partial charge in [0.05, 0.1) is 34.9 Å². The maximum absolute atomic E-state index is 15.1. The second-order valence-corrected chi connectivity index (χ2v) is 18.4. The number of ketones is 1. The maximum Gasteiger partial charge on any atom is 0.408 e. The Labute approximate surface area is 337 Å². The van der Waals surface area contributed by atoms with Crippen molar-refractivity contribution < 1.29 is 63.3 Å². The largest absolute Gasteiger partial charge is 0.456 e. The molecule has 2 heterocycles. The smallest absolute Gasteiger partial charge is 0.408 e. The van der Waals surface area contributed by atoms with Crippen LogP contribution in [-0.2, 0) is 33.3 Å². The highest BCUT2D eigenvalue weighted by Gasteiger charge is 2.99. The summed E-state index contributed by atoms with van der Waals surface area (Å²) in [6.45, 7) is 11.4. The highest BCUT2D eigenvalue weighted by atomic mass is 16.6. The predicted octanol–water partition coefficient (Wildman–Crippen LogP) is 3.46. The standard InChI is InChI=1S/C43H52BNO13/c1-22-26(56-35(52)32(49)30(24-15-11-9-12-16-24)45-37(53)58-38(3,4)5)20-42(54)36(57-34(51)25-17-13-10-14-18-25)43-40(8,33(50)31(48)29(22)39(42,6)7)27(47)19-28-41(43,21-55-28)44(43)23(2)46/h9-18,26-28,30-32,36,47-49,54H,19-21H2,1-8H3,(H,45,53)/t26-,27?,28+,30-,31+,32+,36+,40?,41-,42+,43+/m0/s1.